The van der Waals surface area contributed by atoms with Crippen LogP contribution < -0.4 is 5.73 Å². The highest BCUT2D eigenvalue weighted by molar-refractivity contribution is 5.91. The molecular weight excluding hydrogens is 162 g/mol. The maximum Gasteiger partial charge on any atom is 0.323 e. The van der Waals surface area contributed by atoms with Crippen molar-refractivity contribution in [3.05, 3.63) is 27.9 Å². The standard InChI is InChI=1S/C6H7N3O3/c1-8-4(6(7)10)2-3-5(8)9(11)12/h2-3H,1H3,(H2,7,10). The van der Waals surface area contributed by atoms with Crippen LogP contribution in [0.1, 0.15) is 10.5 Å². The molecule has 1 rings (SSSR count). The summed E-state index contributed by atoms with van der Waals surface area (Å²) in [6.45, 7) is 0. The van der Waals surface area contributed by atoms with Crippen LogP contribution in [0.4, 0.5) is 5.82 Å². The van der Waals surface area contributed by atoms with Crippen LogP contribution >= 0.6 is 0 Å². The van der Waals surface area contributed by atoms with Crippen molar-refractivity contribution in [2.75, 3.05) is 0 Å². The first-order chi connectivity index (χ1) is 5.54. The second kappa shape index (κ2) is 2.65. The summed E-state index contributed by atoms with van der Waals surface area (Å²) < 4.78 is 1.14. The zero-order valence-corrected chi connectivity index (χ0v) is 6.35. The first kappa shape index (κ1) is 8.25. The van der Waals surface area contributed by atoms with E-state index in [2.05, 4.69) is 0 Å². The molecule has 0 aliphatic carbocycles. The number of nitro groups is 1. The number of nitrogens with two attached hydrogens (primary N) is 1. The number of carbonyl (C=O) groups excluding carboxylic acids is 1. The summed E-state index contributed by atoms with van der Waals surface area (Å²) in [6, 6.07) is 2.56. The highest BCUT2D eigenvalue weighted by Gasteiger charge is 2.17. The Labute approximate surface area is 67.7 Å². The molecule has 0 aromatic carbocycles. The molecule has 0 aliphatic heterocycles. The minimum Gasteiger partial charge on any atom is -0.362 e. The molecule has 6 nitrogen and oxygen atoms in total. The Morgan fingerprint density at radius 2 is 2.25 bits per heavy atom. The molecule has 12 heavy (non-hydrogen) atoms. The molecule has 0 unspecified atom stereocenters. The molecule has 0 saturated heterocycles. The van der Waals surface area contributed by atoms with Crippen molar-refractivity contribution in [1.29, 1.82) is 0 Å². The predicted molar refractivity (Wildman–Crippen MR) is 40.6 cm³/mol. The molecule has 1 heterocycles. The molecule has 1 aromatic heterocycles. The number of nitrogens with zero attached hydrogens (tertiary/aromatic N) is 2. The third-order valence-electron chi connectivity index (χ3n) is 1.53. The van der Waals surface area contributed by atoms with Crippen LogP contribution in [-0.4, -0.2) is 15.4 Å². The SMILES string of the molecule is Cn1c(C(N)=O)ccc1[N+](=O)[O-]. The number of carbonyl (C=O) groups is 1. The normalized spacial score (nSPS) is 9.75. The monoisotopic (exact) mass is 169 g/mol. The lowest BCUT2D eigenvalue weighted by molar-refractivity contribution is -0.391. The molecule has 0 bridgehead atoms. The molecule has 2 N–H and O–H groups in total. The average Bonchev–Trinajstić information content (AvgIpc) is 2.30. The van der Waals surface area contributed by atoms with Crippen LogP contribution in [-0.2, 0) is 7.05 Å². The number of amides is 1. The molecule has 0 saturated carbocycles. The predicted octanol–water partition coefficient (Wildman–Crippen LogP) is 0.0322. The zero-order valence-electron chi connectivity index (χ0n) is 6.35. The molecule has 6 heteroatoms. The Balaban J connectivity index is 3.22. The molecule has 0 fully saturated rings. The Morgan fingerprint density at radius 3 is 2.50 bits per heavy atom. The first-order valence-corrected chi connectivity index (χ1v) is 3.14. The molecular formula is C6H7N3O3. The quantitative estimate of drug-likeness (QED) is 0.500. The molecule has 1 aromatic rings. The maximum atomic E-state index is 10.6. The van der Waals surface area contributed by atoms with Gasteiger partial charge in [-0.25, -0.2) is 4.57 Å². The summed E-state index contributed by atoms with van der Waals surface area (Å²) >= 11 is 0. The van der Waals surface area contributed by atoms with E-state index in [0.29, 0.717) is 0 Å². The van der Waals surface area contributed by atoms with Gasteiger partial charge in [-0.15, -0.1) is 0 Å². The molecule has 64 valence electrons. The second-order valence-electron chi connectivity index (χ2n) is 2.26. The van der Waals surface area contributed by atoms with E-state index in [4.69, 9.17) is 5.73 Å². The van der Waals surface area contributed by atoms with Gasteiger partial charge in [-0.1, -0.05) is 0 Å². The maximum absolute atomic E-state index is 10.6. The van der Waals surface area contributed by atoms with Gasteiger partial charge in [0.15, 0.2) is 5.69 Å². The van der Waals surface area contributed by atoms with Gasteiger partial charge >= 0.3 is 5.82 Å². The van der Waals surface area contributed by atoms with E-state index >= 15 is 0 Å². The van der Waals surface area contributed by atoms with Crippen molar-refractivity contribution < 1.29 is 9.72 Å². The van der Waals surface area contributed by atoms with Gasteiger partial charge in [0, 0.05) is 6.07 Å². The minimum atomic E-state index is -0.675. The van der Waals surface area contributed by atoms with E-state index in [-0.39, 0.29) is 11.5 Å². The third-order valence-corrected chi connectivity index (χ3v) is 1.53. The molecule has 0 atom stereocenters. The fourth-order valence-corrected chi connectivity index (χ4v) is 0.931. The second-order valence-corrected chi connectivity index (χ2v) is 2.26. The molecule has 1 amide bonds. The molecule has 0 radical (unpaired) electrons. The lowest BCUT2D eigenvalue weighted by Crippen LogP contribution is -2.15. The van der Waals surface area contributed by atoms with Crippen LogP contribution in [0.25, 0.3) is 0 Å². The molecule has 0 spiro atoms. The van der Waals surface area contributed by atoms with E-state index < -0.39 is 10.8 Å². The van der Waals surface area contributed by atoms with Crippen LogP contribution in [0.15, 0.2) is 12.1 Å². The number of primary amides is 1. The number of hydrogen-bond donors (Lipinski definition) is 1. The Morgan fingerprint density at radius 1 is 1.67 bits per heavy atom. The van der Waals surface area contributed by atoms with Crippen molar-refractivity contribution in [3.63, 3.8) is 0 Å². The van der Waals surface area contributed by atoms with Gasteiger partial charge in [-0.05, 0) is 11.0 Å². The van der Waals surface area contributed by atoms with Gasteiger partial charge < -0.3 is 15.8 Å². The third kappa shape index (κ3) is 1.14. The number of rotatable bonds is 2. The highest BCUT2D eigenvalue weighted by atomic mass is 16.6. The van der Waals surface area contributed by atoms with Gasteiger partial charge in [0.25, 0.3) is 5.91 Å². The van der Waals surface area contributed by atoms with E-state index in [9.17, 15) is 14.9 Å². The summed E-state index contributed by atoms with van der Waals surface area (Å²) in [6.07, 6.45) is 0. The van der Waals surface area contributed by atoms with Crippen molar-refractivity contribution in [2.45, 2.75) is 0 Å². The van der Waals surface area contributed by atoms with E-state index in [1.807, 2.05) is 0 Å². The van der Waals surface area contributed by atoms with E-state index in [0.717, 1.165) is 4.57 Å². The summed E-state index contributed by atoms with van der Waals surface area (Å²) in [4.78, 5) is 20.3. The largest absolute Gasteiger partial charge is 0.362 e. The summed E-state index contributed by atoms with van der Waals surface area (Å²) in [5.74, 6) is -0.825. The zero-order chi connectivity index (χ0) is 9.30. The minimum absolute atomic E-state index is 0.127. The van der Waals surface area contributed by atoms with Crippen molar-refractivity contribution in [3.8, 4) is 0 Å². The van der Waals surface area contributed by atoms with Crippen molar-refractivity contribution in [2.24, 2.45) is 12.8 Å². The van der Waals surface area contributed by atoms with Crippen molar-refractivity contribution in [1.82, 2.24) is 4.57 Å². The fourth-order valence-electron chi connectivity index (χ4n) is 0.931. The van der Waals surface area contributed by atoms with Crippen LogP contribution in [0.3, 0.4) is 0 Å². The lowest BCUT2D eigenvalue weighted by Gasteiger charge is -1.95. The number of aromatic nitrogens is 1. The van der Waals surface area contributed by atoms with Gasteiger partial charge in [-0.3, -0.25) is 4.79 Å². The summed E-state index contributed by atoms with van der Waals surface area (Å²) in [7, 11) is 1.41. The van der Waals surface area contributed by atoms with Gasteiger partial charge in [0.2, 0.25) is 0 Å². The Kier molecular flexibility index (Phi) is 1.82. The summed E-state index contributed by atoms with van der Waals surface area (Å²) in [5, 5.41) is 10.3. The van der Waals surface area contributed by atoms with Crippen LogP contribution in [0, 0.1) is 10.1 Å². The highest BCUT2D eigenvalue weighted by Crippen LogP contribution is 2.13. The van der Waals surface area contributed by atoms with E-state index in [1.165, 1.54) is 19.2 Å². The van der Waals surface area contributed by atoms with Gasteiger partial charge in [0.1, 0.15) is 0 Å². The smallest absolute Gasteiger partial charge is 0.323 e. The average molecular weight is 169 g/mol. The number of hydrogen-bond acceptors (Lipinski definition) is 3. The fraction of sp³-hybridized carbons (Fsp3) is 0.167. The first-order valence-electron chi connectivity index (χ1n) is 3.14. The van der Waals surface area contributed by atoms with Crippen molar-refractivity contribution >= 4 is 11.7 Å². The van der Waals surface area contributed by atoms with Crippen LogP contribution in [0.2, 0.25) is 0 Å². The Hall–Kier alpha value is -1.85. The van der Waals surface area contributed by atoms with E-state index in [1.54, 1.807) is 0 Å². The summed E-state index contributed by atoms with van der Waals surface area (Å²) in [5.41, 5.74) is 5.07. The topological polar surface area (TPSA) is 91.2 Å². The van der Waals surface area contributed by atoms with Crippen LogP contribution in [0.5, 0.6) is 0 Å². The Bertz CT molecular complexity index is 310. The molecule has 0 aliphatic rings. The van der Waals surface area contributed by atoms with Gasteiger partial charge in [0.05, 0.1) is 7.05 Å². The van der Waals surface area contributed by atoms with Gasteiger partial charge in [-0.2, -0.15) is 0 Å². The lowest BCUT2D eigenvalue weighted by atomic mass is 10.4.